The summed E-state index contributed by atoms with van der Waals surface area (Å²) in [6.07, 6.45) is 0. The third-order valence-electron chi connectivity index (χ3n) is 6.04. The molecule has 1 fully saturated rings. The summed E-state index contributed by atoms with van der Waals surface area (Å²) >= 11 is 7.47. The average molecular weight is 516 g/mol. The number of carbonyl (C=O) groups excluding carboxylic acids is 2. The Morgan fingerprint density at radius 2 is 1.77 bits per heavy atom. The molecule has 9 heteroatoms. The molecular formula is C26H27ClFN3O3S. The van der Waals surface area contributed by atoms with E-state index >= 15 is 0 Å². The molecule has 0 bridgehead atoms. The number of halogens is 2. The Kier molecular flexibility index (Phi) is 8.18. The zero-order valence-electron chi connectivity index (χ0n) is 19.6. The molecule has 0 saturated carbocycles. The van der Waals surface area contributed by atoms with Crippen molar-refractivity contribution in [3.63, 3.8) is 0 Å². The van der Waals surface area contributed by atoms with Crippen molar-refractivity contribution in [3.05, 3.63) is 75.4 Å². The number of hydrogen-bond acceptors (Lipinski definition) is 6. The minimum absolute atomic E-state index is 0.178. The number of esters is 1. The molecule has 1 amide bonds. The van der Waals surface area contributed by atoms with Crippen LogP contribution in [-0.2, 0) is 16.1 Å². The van der Waals surface area contributed by atoms with Gasteiger partial charge in [0, 0.05) is 48.7 Å². The summed E-state index contributed by atoms with van der Waals surface area (Å²) in [5.74, 6) is -1.01. The Balaban J connectivity index is 1.36. The Morgan fingerprint density at radius 1 is 1.09 bits per heavy atom. The third-order valence-corrected chi connectivity index (χ3v) is 7.28. The van der Waals surface area contributed by atoms with Crippen molar-refractivity contribution in [1.82, 2.24) is 9.80 Å². The molecule has 0 aliphatic carbocycles. The zero-order chi connectivity index (χ0) is 24.9. The van der Waals surface area contributed by atoms with Gasteiger partial charge in [0.2, 0.25) is 5.91 Å². The molecule has 0 radical (unpaired) electrons. The van der Waals surface area contributed by atoms with Gasteiger partial charge in [0.15, 0.2) is 0 Å². The van der Waals surface area contributed by atoms with E-state index < -0.39 is 5.97 Å². The number of rotatable bonds is 7. The summed E-state index contributed by atoms with van der Waals surface area (Å²) in [4.78, 5) is 29.7. The van der Waals surface area contributed by atoms with Crippen LogP contribution < -0.4 is 5.32 Å². The maximum Gasteiger partial charge on any atom is 0.341 e. The van der Waals surface area contributed by atoms with Gasteiger partial charge in [-0.1, -0.05) is 47.5 Å². The molecule has 35 heavy (non-hydrogen) atoms. The molecule has 0 spiro atoms. The summed E-state index contributed by atoms with van der Waals surface area (Å²) in [5.41, 5.74) is 4.01. The monoisotopic (exact) mass is 515 g/mol. The molecule has 1 aliphatic heterocycles. The lowest BCUT2D eigenvalue weighted by molar-refractivity contribution is -0.117. The van der Waals surface area contributed by atoms with Crippen LogP contribution in [0.3, 0.4) is 0 Å². The number of nitrogens with zero attached hydrogens (tertiary/aromatic N) is 2. The van der Waals surface area contributed by atoms with Crippen LogP contribution in [0.25, 0.3) is 11.1 Å². The van der Waals surface area contributed by atoms with Gasteiger partial charge in [-0.3, -0.25) is 14.6 Å². The van der Waals surface area contributed by atoms with E-state index in [4.69, 9.17) is 16.3 Å². The highest BCUT2D eigenvalue weighted by Gasteiger charge is 2.24. The number of benzene rings is 2. The summed E-state index contributed by atoms with van der Waals surface area (Å²) < 4.78 is 18.3. The van der Waals surface area contributed by atoms with Crippen molar-refractivity contribution < 1.29 is 18.7 Å². The molecule has 4 rings (SSSR count). The SMILES string of the molecule is COC(=O)c1c(-c2ccc(C)cc2)csc1NC(=O)CN1CCN(Cc2ccc(F)cc2Cl)CC1. The number of amides is 1. The van der Waals surface area contributed by atoms with E-state index in [-0.39, 0.29) is 18.3 Å². The van der Waals surface area contributed by atoms with Crippen molar-refractivity contribution in [2.75, 3.05) is 45.2 Å². The summed E-state index contributed by atoms with van der Waals surface area (Å²) in [6, 6.07) is 12.3. The van der Waals surface area contributed by atoms with E-state index in [1.165, 1.54) is 30.6 Å². The maximum absolute atomic E-state index is 13.3. The van der Waals surface area contributed by atoms with Gasteiger partial charge in [-0.05, 0) is 30.2 Å². The topological polar surface area (TPSA) is 61.9 Å². The second kappa shape index (κ2) is 11.3. The molecule has 1 aromatic heterocycles. The molecule has 0 unspecified atom stereocenters. The number of methoxy groups -OCH3 is 1. The van der Waals surface area contributed by atoms with E-state index in [0.29, 0.717) is 22.1 Å². The highest BCUT2D eigenvalue weighted by atomic mass is 35.5. The largest absolute Gasteiger partial charge is 0.465 e. The number of aryl methyl sites for hydroxylation is 1. The number of piperazine rings is 1. The Hall–Kier alpha value is -2.78. The second-order valence-corrected chi connectivity index (χ2v) is 9.83. The van der Waals surface area contributed by atoms with Crippen molar-refractivity contribution in [1.29, 1.82) is 0 Å². The Bertz CT molecular complexity index is 1210. The molecule has 184 valence electrons. The highest BCUT2D eigenvalue weighted by Crippen LogP contribution is 2.36. The number of thiophene rings is 1. The van der Waals surface area contributed by atoms with Crippen molar-refractivity contribution in [2.24, 2.45) is 0 Å². The first-order valence-electron chi connectivity index (χ1n) is 11.3. The first-order valence-corrected chi connectivity index (χ1v) is 12.5. The minimum atomic E-state index is -0.481. The third kappa shape index (κ3) is 6.27. The first-order chi connectivity index (χ1) is 16.8. The molecule has 3 aromatic rings. The van der Waals surface area contributed by atoms with Crippen LogP contribution in [0.5, 0.6) is 0 Å². The fourth-order valence-corrected chi connectivity index (χ4v) is 5.27. The predicted molar refractivity (Wildman–Crippen MR) is 138 cm³/mol. The fourth-order valence-electron chi connectivity index (χ4n) is 4.07. The zero-order valence-corrected chi connectivity index (χ0v) is 21.2. The van der Waals surface area contributed by atoms with Gasteiger partial charge in [-0.25, -0.2) is 9.18 Å². The van der Waals surface area contributed by atoms with Crippen LogP contribution in [0.4, 0.5) is 9.39 Å². The summed E-state index contributed by atoms with van der Waals surface area (Å²) in [6.45, 7) is 5.84. The second-order valence-electron chi connectivity index (χ2n) is 8.55. The van der Waals surface area contributed by atoms with Crippen molar-refractivity contribution in [3.8, 4) is 11.1 Å². The lowest BCUT2D eigenvalue weighted by Crippen LogP contribution is -2.48. The number of nitrogens with one attached hydrogen (secondary N) is 1. The van der Waals surface area contributed by atoms with Gasteiger partial charge in [-0.2, -0.15) is 0 Å². The van der Waals surface area contributed by atoms with Crippen LogP contribution >= 0.6 is 22.9 Å². The number of hydrogen-bond donors (Lipinski definition) is 1. The number of anilines is 1. The molecule has 2 aromatic carbocycles. The van der Waals surface area contributed by atoms with E-state index in [0.717, 1.165) is 48.4 Å². The van der Waals surface area contributed by atoms with Gasteiger partial charge in [0.1, 0.15) is 16.4 Å². The van der Waals surface area contributed by atoms with Crippen LogP contribution in [0.15, 0.2) is 47.8 Å². The minimum Gasteiger partial charge on any atom is -0.465 e. The molecule has 0 atom stereocenters. The van der Waals surface area contributed by atoms with Gasteiger partial charge < -0.3 is 10.1 Å². The van der Waals surface area contributed by atoms with Crippen LogP contribution in [0.1, 0.15) is 21.5 Å². The van der Waals surface area contributed by atoms with Gasteiger partial charge >= 0.3 is 5.97 Å². The first kappa shape index (κ1) is 25.3. The van der Waals surface area contributed by atoms with Gasteiger partial charge in [0.05, 0.1) is 13.7 Å². The quantitative estimate of drug-likeness (QED) is 0.446. The average Bonchev–Trinajstić information content (AvgIpc) is 3.25. The van der Waals surface area contributed by atoms with Crippen LogP contribution in [0.2, 0.25) is 5.02 Å². The van der Waals surface area contributed by atoms with Crippen molar-refractivity contribution in [2.45, 2.75) is 13.5 Å². The van der Waals surface area contributed by atoms with Crippen LogP contribution in [-0.4, -0.2) is 61.5 Å². The Morgan fingerprint density at radius 3 is 2.43 bits per heavy atom. The van der Waals surface area contributed by atoms with E-state index in [1.54, 1.807) is 6.07 Å². The standard InChI is InChI=1S/C26H27ClFN3O3S/c1-17-3-5-18(6-4-17)21-16-35-25(24(21)26(33)34-2)29-23(32)15-31-11-9-30(10-12-31)14-19-7-8-20(28)13-22(19)27/h3-8,13,16H,9-12,14-15H2,1-2H3,(H,29,32). The number of carbonyl (C=O) groups is 2. The summed E-state index contributed by atoms with van der Waals surface area (Å²) in [7, 11) is 1.34. The molecule has 2 heterocycles. The summed E-state index contributed by atoms with van der Waals surface area (Å²) in [5, 5.41) is 5.69. The van der Waals surface area contributed by atoms with Gasteiger partial charge in [0.25, 0.3) is 0 Å². The highest BCUT2D eigenvalue weighted by molar-refractivity contribution is 7.15. The normalized spacial score (nSPS) is 14.6. The molecular weight excluding hydrogens is 489 g/mol. The molecule has 1 N–H and O–H groups in total. The smallest absolute Gasteiger partial charge is 0.341 e. The van der Waals surface area contributed by atoms with E-state index in [2.05, 4.69) is 15.1 Å². The number of ether oxygens (including phenoxy) is 1. The Labute approximate surface area is 213 Å². The van der Waals surface area contributed by atoms with Crippen LogP contribution in [0, 0.1) is 12.7 Å². The van der Waals surface area contributed by atoms with E-state index in [9.17, 15) is 14.0 Å². The predicted octanol–water partition coefficient (Wildman–Crippen LogP) is 5.06. The lowest BCUT2D eigenvalue weighted by atomic mass is 10.0. The van der Waals surface area contributed by atoms with E-state index in [1.807, 2.05) is 36.6 Å². The molecule has 1 saturated heterocycles. The lowest BCUT2D eigenvalue weighted by Gasteiger charge is -2.34. The molecule has 1 aliphatic rings. The molecule has 6 nitrogen and oxygen atoms in total. The fraction of sp³-hybridized carbons (Fsp3) is 0.308. The van der Waals surface area contributed by atoms with Crippen molar-refractivity contribution >= 4 is 39.8 Å². The van der Waals surface area contributed by atoms with Gasteiger partial charge in [-0.15, -0.1) is 11.3 Å². The maximum atomic E-state index is 13.3.